The second-order valence-corrected chi connectivity index (χ2v) is 6.90. The van der Waals surface area contributed by atoms with E-state index in [4.69, 9.17) is 4.74 Å². The summed E-state index contributed by atoms with van der Waals surface area (Å²) < 4.78 is 5.36. The SMILES string of the molecule is O=C(c1ccc2ncccc2c1)N1CCN([C@@H]2COC[C@@H](O)[C@H]2O)CC1. The number of ether oxygens (including phenoxy) is 1. The summed E-state index contributed by atoms with van der Waals surface area (Å²) >= 11 is 0. The van der Waals surface area contributed by atoms with Gasteiger partial charge in [-0.2, -0.15) is 0 Å². The van der Waals surface area contributed by atoms with Gasteiger partial charge in [-0.1, -0.05) is 6.07 Å². The van der Waals surface area contributed by atoms with E-state index in [-0.39, 0.29) is 18.6 Å². The third-order valence-electron chi connectivity index (χ3n) is 5.29. The Morgan fingerprint density at radius 3 is 2.73 bits per heavy atom. The molecule has 1 aromatic heterocycles. The maximum atomic E-state index is 12.8. The highest BCUT2D eigenvalue weighted by Gasteiger charge is 2.37. The predicted molar refractivity (Wildman–Crippen MR) is 95.8 cm³/mol. The van der Waals surface area contributed by atoms with Crippen molar-refractivity contribution >= 4 is 16.8 Å². The predicted octanol–water partition coefficient (Wildman–Crippen LogP) is 0.113. The molecule has 2 aromatic rings. The molecule has 1 amide bonds. The first kappa shape index (κ1) is 17.4. The van der Waals surface area contributed by atoms with Crippen LogP contribution in [0.2, 0.25) is 0 Å². The van der Waals surface area contributed by atoms with Gasteiger partial charge < -0.3 is 19.8 Å². The van der Waals surface area contributed by atoms with Crippen molar-refractivity contribution < 1.29 is 19.7 Å². The van der Waals surface area contributed by atoms with Crippen LogP contribution in [0.5, 0.6) is 0 Å². The fourth-order valence-electron chi connectivity index (χ4n) is 3.73. The molecule has 3 heterocycles. The Balaban J connectivity index is 1.41. The first-order valence-corrected chi connectivity index (χ1v) is 8.95. The molecule has 2 aliphatic rings. The zero-order valence-electron chi connectivity index (χ0n) is 14.5. The molecule has 2 fully saturated rings. The number of pyridine rings is 1. The number of aromatic nitrogens is 1. The summed E-state index contributed by atoms with van der Waals surface area (Å²) in [6.07, 6.45) is 0.0854. The lowest BCUT2D eigenvalue weighted by atomic mass is 10.0. The number of carbonyl (C=O) groups is 1. The van der Waals surface area contributed by atoms with Crippen molar-refractivity contribution in [2.75, 3.05) is 39.4 Å². The molecule has 0 radical (unpaired) electrons. The van der Waals surface area contributed by atoms with Crippen LogP contribution in [0.4, 0.5) is 0 Å². The lowest BCUT2D eigenvalue weighted by molar-refractivity contribution is -0.136. The third kappa shape index (κ3) is 3.31. The Labute approximate surface area is 151 Å². The summed E-state index contributed by atoms with van der Waals surface area (Å²) in [7, 11) is 0. The van der Waals surface area contributed by atoms with Crippen molar-refractivity contribution in [2.24, 2.45) is 0 Å². The van der Waals surface area contributed by atoms with Gasteiger partial charge in [0.15, 0.2) is 0 Å². The van der Waals surface area contributed by atoms with Crippen molar-refractivity contribution in [1.82, 2.24) is 14.8 Å². The van der Waals surface area contributed by atoms with Crippen LogP contribution in [0, 0.1) is 0 Å². The first-order chi connectivity index (χ1) is 12.6. The van der Waals surface area contributed by atoms with Crippen molar-refractivity contribution in [3.05, 3.63) is 42.1 Å². The number of nitrogens with zero attached hydrogens (tertiary/aromatic N) is 3. The quantitative estimate of drug-likeness (QED) is 0.794. The van der Waals surface area contributed by atoms with Crippen molar-refractivity contribution in [3.8, 4) is 0 Å². The molecule has 0 unspecified atom stereocenters. The van der Waals surface area contributed by atoms with Crippen LogP contribution in [-0.4, -0.2) is 88.5 Å². The number of carbonyl (C=O) groups excluding carboxylic acids is 1. The van der Waals surface area contributed by atoms with Gasteiger partial charge in [-0.3, -0.25) is 14.7 Å². The second-order valence-electron chi connectivity index (χ2n) is 6.90. The van der Waals surface area contributed by atoms with Crippen LogP contribution in [0.25, 0.3) is 10.9 Å². The molecule has 0 saturated carbocycles. The summed E-state index contributed by atoms with van der Waals surface area (Å²) in [6.45, 7) is 3.06. The molecular weight excluding hydrogens is 334 g/mol. The largest absolute Gasteiger partial charge is 0.389 e. The van der Waals surface area contributed by atoms with E-state index in [1.165, 1.54) is 0 Å². The van der Waals surface area contributed by atoms with Gasteiger partial charge in [-0.15, -0.1) is 0 Å². The Morgan fingerprint density at radius 1 is 1.12 bits per heavy atom. The Morgan fingerprint density at radius 2 is 1.92 bits per heavy atom. The molecule has 3 atom stereocenters. The van der Waals surface area contributed by atoms with Crippen LogP contribution < -0.4 is 0 Å². The van der Waals surface area contributed by atoms with Gasteiger partial charge in [0, 0.05) is 43.3 Å². The monoisotopic (exact) mass is 357 g/mol. The van der Waals surface area contributed by atoms with Gasteiger partial charge in [0.25, 0.3) is 5.91 Å². The fourth-order valence-corrected chi connectivity index (χ4v) is 3.73. The van der Waals surface area contributed by atoms with E-state index < -0.39 is 12.2 Å². The summed E-state index contributed by atoms with van der Waals surface area (Å²) in [5.41, 5.74) is 1.54. The summed E-state index contributed by atoms with van der Waals surface area (Å²) in [5.74, 6) is 0.0101. The van der Waals surface area contributed by atoms with Crippen LogP contribution in [0.15, 0.2) is 36.5 Å². The Kier molecular flexibility index (Phi) is 4.86. The molecule has 7 nitrogen and oxygen atoms in total. The Bertz CT molecular complexity index is 791. The molecule has 0 bridgehead atoms. The van der Waals surface area contributed by atoms with E-state index in [1.54, 1.807) is 6.20 Å². The minimum absolute atomic E-state index is 0.0101. The summed E-state index contributed by atoms with van der Waals surface area (Å²) in [4.78, 5) is 21.0. The average Bonchev–Trinajstić information content (AvgIpc) is 2.69. The topological polar surface area (TPSA) is 86.1 Å². The van der Waals surface area contributed by atoms with Crippen molar-refractivity contribution in [2.45, 2.75) is 18.2 Å². The standard InChI is InChI=1S/C19H23N3O4/c23-17-12-26-11-16(18(17)24)21-6-8-22(9-7-21)19(25)14-3-4-15-13(10-14)2-1-5-20-15/h1-5,10,16-18,23-24H,6-9,11-12H2/t16-,17-,18+/m1/s1. The zero-order valence-corrected chi connectivity index (χ0v) is 14.5. The molecule has 0 spiro atoms. The Hall–Kier alpha value is -2.06. The molecular formula is C19H23N3O4. The number of aliphatic hydroxyl groups is 2. The van der Waals surface area contributed by atoms with Gasteiger partial charge in [0.1, 0.15) is 6.10 Å². The van der Waals surface area contributed by atoms with E-state index in [0.717, 1.165) is 10.9 Å². The number of hydrogen-bond acceptors (Lipinski definition) is 6. The molecule has 7 heteroatoms. The molecule has 26 heavy (non-hydrogen) atoms. The van der Waals surface area contributed by atoms with Crippen LogP contribution >= 0.6 is 0 Å². The highest BCUT2D eigenvalue weighted by Crippen LogP contribution is 2.19. The van der Waals surface area contributed by atoms with Gasteiger partial charge in [-0.05, 0) is 24.3 Å². The third-order valence-corrected chi connectivity index (χ3v) is 5.29. The van der Waals surface area contributed by atoms with Crippen LogP contribution in [0.3, 0.4) is 0 Å². The van der Waals surface area contributed by atoms with E-state index in [9.17, 15) is 15.0 Å². The first-order valence-electron chi connectivity index (χ1n) is 8.95. The number of rotatable bonds is 2. The molecule has 1 aromatic carbocycles. The highest BCUT2D eigenvalue weighted by molar-refractivity contribution is 5.98. The zero-order chi connectivity index (χ0) is 18.1. The maximum Gasteiger partial charge on any atom is 0.253 e. The molecule has 2 saturated heterocycles. The normalized spacial score (nSPS) is 27.6. The summed E-state index contributed by atoms with van der Waals surface area (Å²) in [6, 6.07) is 9.16. The molecule has 0 aliphatic carbocycles. The average molecular weight is 357 g/mol. The molecule has 2 aliphatic heterocycles. The molecule has 138 valence electrons. The number of hydrogen-bond donors (Lipinski definition) is 2. The van der Waals surface area contributed by atoms with Gasteiger partial charge in [-0.25, -0.2) is 0 Å². The van der Waals surface area contributed by atoms with Gasteiger partial charge >= 0.3 is 0 Å². The number of amides is 1. The van der Waals surface area contributed by atoms with Crippen molar-refractivity contribution in [1.29, 1.82) is 0 Å². The van der Waals surface area contributed by atoms with E-state index in [2.05, 4.69) is 9.88 Å². The minimum atomic E-state index is -0.848. The van der Waals surface area contributed by atoms with E-state index >= 15 is 0 Å². The van der Waals surface area contributed by atoms with Crippen LogP contribution in [-0.2, 0) is 4.74 Å². The number of aliphatic hydroxyl groups excluding tert-OH is 2. The van der Waals surface area contributed by atoms with Gasteiger partial charge in [0.2, 0.25) is 0 Å². The lowest BCUT2D eigenvalue weighted by Crippen LogP contribution is -2.60. The lowest BCUT2D eigenvalue weighted by Gasteiger charge is -2.43. The second kappa shape index (κ2) is 7.28. The van der Waals surface area contributed by atoms with E-state index in [1.807, 2.05) is 35.2 Å². The number of benzene rings is 1. The fraction of sp³-hybridized carbons (Fsp3) is 0.474. The number of piperazine rings is 1. The van der Waals surface area contributed by atoms with Crippen molar-refractivity contribution in [3.63, 3.8) is 0 Å². The van der Waals surface area contributed by atoms with Crippen LogP contribution in [0.1, 0.15) is 10.4 Å². The smallest absolute Gasteiger partial charge is 0.253 e. The molecule has 2 N–H and O–H groups in total. The summed E-state index contributed by atoms with van der Waals surface area (Å²) in [5, 5.41) is 20.9. The van der Waals surface area contributed by atoms with Gasteiger partial charge in [0.05, 0.1) is 30.9 Å². The number of fused-ring (bicyclic) bond motifs is 1. The minimum Gasteiger partial charge on any atom is -0.389 e. The maximum absolute atomic E-state index is 12.8. The van der Waals surface area contributed by atoms with E-state index in [0.29, 0.717) is 38.3 Å². The highest BCUT2D eigenvalue weighted by atomic mass is 16.5. The molecule has 4 rings (SSSR count).